The molecule has 0 aliphatic carbocycles. The summed E-state index contributed by atoms with van der Waals surface area (Å²) in [7, 11) is 0. The monoisotopic (exact) mass is 218 g/mol. The molecule has 0 bridgehead atoms. The van der Waals surface area contributed by atoms with E-state index in [1.807, 2.05) is 0 Å². The van der Waals surface area contributed by atoms with Crippen molar-refractivity contribution in [3.8, 4) is 0 Å². The second kappa shape index (κ2) is 4.08. The highest BCUT2D eigenvalue weighted by atomic mass is 15.2. The normalized spacial score (nSPS) is 52.5. The fraction of sp³-hybridized carbons (Fsp3) is 1.00. The lowest BCUT2D eigenvalue weighted by Crippen LogP contribution is -2.51. The lowest BCUT2D eigenvalue weighted by molar-refractivity contribution is 0.0136. The Kier molecular flexibility index (Phi) is 1.65. The van der Waals surface area contributed by atoms with Crippen LogP contribution in [-0.2, 0) is 0 Å². The number of hydrogen-bond acceptors (Lipinski definition) is 1. The fourth-order valence-corrected chi connectivity index (χ4v) is 1.71. The van der Waals surface area contributed by atoms with Crippen molar-refractivity contribution in [1.82, 2.24) is 4.90 Å². The molecular formula is C14H29N. The molecule has 0 aromatic rings. The first-order chi connectivity index (χ1) is 9.23. The van der Waals surface area contributed by atoms with Crippen LogP contribution < -0.4 is 0 Å². The Hall–Kier alpha value is -0.0400. The highest BCUT2D eigenvalue weighted by Gasteiger charge is 2.36. The Morgan fingerprint density at radius 3 is 2.13 bits per heavy atom. The van der Waals surface area contributed by atoms with Crippen LogP contribution in [0.25, 0.3) is 0 Å². The zero-order chi connectivity index (χ0) is 18.2. The van der Waals surface area contributed by atoms with Gasteiger partial charge in [-0.15, -0.1) is 0 Å². The third-order valence-corrected chi connectivity index (χ3v) is 2.58. The van der Waals surface area contributed by atoms with Crippen molar-refractivity contribution in [1.29, 1.82) is 0 Å². The summed E-state index contributed by atoms with van der Waals surface area (Å²) in [6.07, 6.45) is -2.37. The first-order valence-electron chi connectivity index (χ1n) is 9.04. The van der Waals surface area contributed by atoms with E-state index in [2.05, 4.69) is 0 Å². The van der Waals surface area contributed by atoms with Gasteiger partial charge in [0.25, 0.3) is 0 Å². The second-order valence-corrected chi connectivity index (χ2v) is 6.36. The lowest BCUT2D eigenvalue weighted by Gasteiger charge is -2.47. The highest BCUT2D eigenvalue weighted by molar-refractivity contribution is 4.89. The number of nitrogens with zero attached hydrogens (tertiary/aromatic N) is 1. The van der Waals surface area contributed by atoms with E-state index < -0.39 is 42.1 Å². The molecule has 1 heteroatoms. The van der Waals surface area contributed by atoms with E-state index in [0.717, 1.165) is 4.90 Å². The van der Waals surface area contributed by atoms with Crippen LogP contribution in [0.3, 0.4) is 0 Å². The SMILES string of the molecule is [2H]C1([2H])C(C(C)(C)C)C([2H])(C)C([2H])([2H])N(C(C)(C)C)C1([2H])[2H]. The molecule has 0 aromatic carbocycles. The summed E-state index contributed by atoms with van der Waals surface area (Å²) in [6.45, 7) is 6.68. The van der Waals surface area contributed by atoms with Crippen LogP contribution in [0.15, 0.2) is 0 Å². The van der Waals surface area contributed by atoms with Crippen molar-refractivity contribution >= 4 is 0 Å². The Labute approximate surface area is 106 Å². The van der Waals surface area contributed by atoms with Crippen molar-refractivity contribution in [2.75, 3.05) is 13.0 Å². The Morgan fingerprint density at radius 1 is 1.20 bits per heavy atom. The molecule has 1 rings (SSSR count). The van der Waals surface area contributed by atoms with Gasteiger partial charge in [0.1, 0.15) is 0 Å². The maximum Gasteiger partial charge on any atom is 0.0434 e. The smallest absolute Gasteiger partial charge is 0.0434 e. The van der Waals surface area contributed by atoms with Crippen LogP contribution in [0.1, 0.15) is 64.4 Å². The molecule has 2 unspecified atom stereocenters. The van der Waals surface area contributed by atoms with E-state index >= 15 is 0 Å². The van der Waals surface area contributed by atoms with Gasteiger partial charge >= 0.3 is 0 Å². The molecule has 1 aliphatic heterocycles. The summed E-state index contributed by atoms with van der Waals surface area (Å²) in [4.78, 5) is 0.905. The van der Waals surface area contributed by atoms with E-state index in [4.69, 9.17) is 9.60 Å². The topological polar surface area (TPSA) is 3.24 Å². The van der Waals surface area contributed by atoms with Gasteiger partial charge in [-0.2, -0.15) is 0 Å². The van der Waals surface area contributed by atoms with Crippen LogP contribution in [0.4, 0.5) is 0 Å². The summed E-state index contributed by atoms with van der Waals surface area (Å²) >= 11 is 0. The van der Waals surface area contributed by atoms with E-state index in [1.165, 1.54) is 6.92 Å². The van der Waals surface area contributed by atoms with E-state index in [0.29, 0.717) is 0 Å². The van der Waals surface area contributed by atoms with Crippen LogP contribution in [0.2, 0.25) is 0 Å². The minimum absolute atomic E-state index is 0.759. The van der Waals surface area contributed by atoms with Gasteiger partial charge in [0.15, 0.2) is 0 Å². The van der Waals surface area contributed by atoms with Gasteiger partial charge < -0.3 is 0 Å². The largest absolute Gasteiger partial charge is 0.298 e. The van der Waals surface area contributed by atoms with Gasteiger partial charge in [-0.1, -0.05) is 27.7 Å². The molecule has 0 aromatic heterocycles. The minimum atomic E-state index is -2.53. The molecule has 0 saturated carbocycles. The lowest BCUT2D eigenvalue weighted by atomic mass is 9.69. The second-order valence-electron chi connectivity index (χ2n) is 6.36. The predicted molar refractivity (Wildman–Crippen MR) is 68.1 cm³/mol. The third kappa shape index (κ3) is 3.21. The molecule has 0 radical (unpaired) electrons. The molecule has 90 valence electrons. The molecule has 15 heavy (non-hydrogen) atoms. The molecule has 1 aliphatic rings. The first kappa shape index (κ1) is 6.05. The number of piperidine rings is 1. The van der Waals surface area contributed by atoms with Crippen molar-refractivity contribution in [2.45, 2.75) is 60.4 Å². The van der Waals surface area contributed by atoms with E-state index in [-0.39, 0.29) is 0 Å². The summed E-state index contributed by atoms with van der Waals surface area (Å²) in [6, 6.07) is 0. The number of hydrogen-bond donors (Lipinski definition) is 0. The van der Waals surface area contributed by atoms with Crippen molar-refractivity contribution in [2.24, 2.45) is 17.2 Å². The zero-order valence-corrected chi connectivity index (χ0v) is 11.0. The molecule has 0 spiro atoms. The molecule has 0 N–H and O–H groups in total. The Morgan fingerprint density at radius 2 is 1.73 bits per heavy atom. The van der Waals surface area contributed by atoms with Gasteiger partial charge in [-0.05, 0) is 50.9 Å². The molecule has 1 fully saturated rings. The zero-order valence-electron chi connectivity index (χ0n) is 18.0. The van der Waals surface area contributed by atoms with Gasteiger partial charge in [0, 0.05) is 21.6 Å². The Balaban J connectivity index is 3.77. The summed E-state index contributed by atoms with van der Waals surface area (Å²) in [5.41, 5.74) is -1.73. The summed E-state index contributed by atoms with van der Waals surface area (Å²) in [5.74, 6) is -2.93. The molecule has 1 saturated heterocycles. The third-order valence-electron chi connectivity index (χ3n) is 2.58. The van der Waals surface area contributed by atoms with Crippen LogP contribution >= 0.6 is 0 Å². The van der Waals surface area contributed by atoms with E-state index in [1.54, 1.807) is 41.5 Å². The fourth-order valence-electron chi connectivity index (χ4n) is 1.71. The predicted octanol–water partition coefficient (Wildman–Crippen LogP) is 3.79. The van der Waals surface area contributed by atoms with Crippen molar-refractivity contribution < 1.29 is 9.60 Å². The number of likely N-dealkylation sites (tertiary alicyclic amines) is 1. The van der Waals surface area contributed by atoms with Gasteiger partial charge in [-0.3, -0.25) is 4.90 Å². The average Bonchev–Trinajstić information content (AvgIpc) is 2.06. The molecule has 0 amide bonds. The van der Waals surface area contributed by atoms with E-state index in [9.17, 15) is 0 Å². The maximum atomic E-state index is 8.66. The highest BCUT2D eigenvalue weighted by Crippen LogP contribution is 2.39. The first-order valence-corrected chi connectivity index (χ1v) is 5.54. The van der Waals surface area contributed by atoms with Crippen molar-refractivity contribution in [3.63, 3.8) is 0 Å². The standard InChI is InChI=1S/C14H29N/c1-11-10-15(14(5,6)7)9-8-12(11)13(2,3)4/h11-12H,8-10H2,1-7H3/i8D2,9D2,10D2,11D. The average molecular weight is 218 g/mol. The molecule has 2 atom stereocenters. The van der Waals surface area contributed by atoms with Crippen LogP contribution in [-0.4, -0.2) is 23.4 Å². The summed E-state index contributed by atoms with van der Waals surface area (Å²) < 4.78 is 59.3. The molecular weight excluding hydrogens is 182 g/mol. The van der Waals surface area contributed by atoms with Crippen LogP contribution in [0, 0.1) is 17.2 Å². The van der Waals surface area contributed by atoms with Crippen molar-refractivity contribution in [3.05, 3.63) is 0 Å². The minimum Gasteiger partial charge on any atom is -0.298 e. The summed E-state index contributed by atoms with van der Waals surface area (Å²) in [5, 5.41) is 0. The van der Waals surface area contributed by atoms with Crippen LogP contribution in [0.5, 0.6) is 0 Å². The van der Waals surface area contributed by atoms with Gasteiger partial charge in [0.05, 0.1) is 0 Å². The maximum absolute atomic E-state index is 8.66. The molecule has 1 heterocycles. The quantitative estimate of drug-likeness (QED) is 0.598. The Bertz CT molecular complexity index is 373. The van der Waals surface area contributed by atoms with Gasteiger partial charge in [0.2, 0.25) is 0 Å². The van der Waals surface area contributed by atoms with Gasteiger partial charge in [-0.25, -0.2) is 0 Å². The number of rotatable bonds is 0. The molecule has 1 nitrogen and oxygen atoms in total.